The number of methoxy groups -OCH3 is 1. The molecule has 0 amide bonds. The van der Waals surface area contributed by atoms with E-state index in [0.717, 1.165) is 28.0 Å². The van der Waals surface area contributed by atoms with Crippen LogP contribution in [0.5, 0.6) is 5.75 Å². The molecule has 2 rings (SSSR count). The van der Waals surface area contributed by atoms with Crippen LogP contribution in [-0.2, 0) is 0 Å². The number of aromatic nitrogens is 1. The first kappa shape index (κ1) is 11.0. The van der Waals surface area contributed by atoms with Crippen LogP contribution in [0, 0.1) is 6.92 Å². The van der Waals surface area contributed by atoms with E-state index < -0.39 is 0 Å². The number of hydrogen-bond acceptors (Lipinski definition) is 3. The van der Waals surface area contributed by atoms with E-state index in [0.29, 0.717) is 5.02 Å². The summed E-state index contributed by atoms with van der Waals surface area (Å²) in [7, 11) is 3.51. The summed E-state index contributed by atoms with van der Waals surface area (Å²) >= 11 is 6.14. The van der Waals surface area contributed by atoms with E-state index in [9.17, 15) is 0 Å². The summed E-state index contributed by atoms with van der Waals surface area (Å²) in [5.41, 5.74) is 2.67. The number of nitrogens with one attached hydrogen (secondary N) is 1. The van der Waals surface area contributed by atoms with Gasteiger partial charge in [-0.15, -0.1) is 0 Å². The second-order valence-corrected chi connectivity index (χ2v) is 3.94. The monoisotopic (exact) mass is 236 g/mol. The Morgan fingerprint density at radius 3 is 2.75 bits per heavy atom. The molecule has 84 valence electrons. The Hall–Kier alpha value is -1.48. The summed E-state index contributed by atoms with van der Waals surface area (Å²) < 4.78 is 5.33. The summed E-state index contributed by atoms with van der Waals surface area (Å²) in [6.07, 6.45) is 0. The van der Waals surface area contributed by atoms with Gasteiger partial charge in [-0.3, -0.25) is 4.98 Å². The van der Waals surface area contributed by atoms with Crippen LogP contribution in [0.15, 0.2) is 18.2 Å². The van der Waals surface area contributed by atoms with Gasteiger partial charge in [-0.05, 0) is 25.1 Å². The van der Waals surface area contributed by atoms with Gasteiger partial charge >= 0.3 is 0 Å². The first-order chi connectivity index (χ1) is 7.67. The molecule has 0 aliphatic carbocycles. The minimum absolute atomic E-state index is 0.635. The van der Waals surface area contributed by atoms with Crippen LogP contribution >= 0.6 is 11.6 Å². The van der Waals surface area contributed by atoms with E-state index in [1.54, 1.807) is 13.2 Å². The highest BCUT2D eigenvalue weighted by Crippen LogP contribution is 2.35. The number of pyridine rings is 1. The van der Waals surface area contributed by atoms with Gasteiger partial charge < -0.3 is 10.1 Å². The first-order valence-electron chi connectivity index (χ1n) is 4.99. The van der Waals surface area contributed by atoms with Crippen molar-refractivity contribution in [2.75, 3.05) is 19.5 Å². The van der Waals surface area contributed by atoms with Crippen LogP contribution in [0.25, 0.3) is 10.9 Å². The Balaban J connectivity index is 2.91. The molecule has 0 saturated heterocycles. The van der Waals surface area contributed by atoms with Crippen LogP contribution in [-0.4, -0.2) is 19.1 Å². The zero-order chi connectivity index (χ0) is 11.7. The van der Waals surface area contributed by atoms with Crippen molar-refractivity contribution in [1.29, 1.82) is 0 Å². The number of fused-ring (bicyclic) bond motifs is 1. The van der Waals surface area contributed by atoms with Gasteiger partial charge in [0.15, 0.2) is 0 Å². The van der Waals surface area contributed by atoms with Gasteiger partial charge in [-0.2, -0.15) is 0 Å². The lowest BCUT2D eigenvalue weighted by Gasteiger charge is -2.12. The average Bonchev–Trinajstić information content (AvgIpc) is 2.29. The minimum atomic E-state index is 0.635. The average molecular weight is 237 g/mol. The smallest absolute Gasteiger partial charge is 0.130 e. The van der Waals surface area contributed by atoms with Gasteiger partial charge in [0.2, 0.25) is 0 Å². The number of benzene rings is 1. The van der Waals surface area contributed by atoms with Gasteiger partial charge in [-0.1, -0.05) is 11.6 Å². The SMILES string of the molecule is CNc1cc(C)nc2c(Cl)ccc(OC)c12. The number of anilines is 1. The molecule has 4 heteroatoms. The lowest BCUT2D eigenvalue weighted by atomic mass is 10.1. The minimum Gasteiger partial charge on any atom is -0.496 e. The van der Waals surface area contributed by atoms with Crippen molar-refractivity contribution >= 4 is 28.2 Å². The van der Waals surface area contributed by atoms with Crippen molar-refractivity contribution in [3.8, 4) is 5.75 Å². The number of ether oxygens (including phenoxy) is 1. The predicted octanol–water partition coefficient (Wildman–Crippen LogP) is 3.25. The number of halogens is 1. The Labute approximate surface area is 99.4 Å². The van der Waals surface area contributed by atoms with E-state index >= 15 is 0 Å². The summed E-state index contributed by atoms with van der Waals surface area (Å²) in [6.45, 7) is 1.94. The Kier molecular flexibility index (Phi) is 2.88. The van der Waals surface area contributed by atoms with Crippen LogP contribution in [0.4, 0.5) is 5.69 Å². The largest absolute Gasteiger partial charge is 0.496 e. The molecular weight excluding hydrogens is 224 g/mol. The fourth-order valence-corrected chi connectivity index (χ4v) is 1.97. The second kappa shape index (κ2) is 4.18. The third-order valence-corrected chi connectivity index (χ3v) is 2.80. The zero-order valence-corrected chi connectivity index (χ0v) is 10.2. The zero-order valence-electron chi connectivity index (χ0n) is 9.47. The maximum atomic E-state index is 6.14. The van der Waals surface area contributed by atoms with Crippen molar-refractivity contribution in [3.63, 3.8) is 0 Å². The first-order valence-corrected chi connectivity index (χ1v) is 5.36. The molecule has 2 aromatic rings. The highest BCUT2D eigenvalue weighted by atomic mass is 35.5. The molecule has 0 bridgehead atoms. The van der Waals surface area contributed by atoms with Crippen LogP contribution in [0.3, 0.4) is 0 Å². The normalized spacial score (nSPS) is 10.5. The maximum Gasteiger partial charge on any atom is 0.130 e. The van der Waals surface area contributed by atoms with Crippen molar-refractivity contribution in [2.24, 2.45) is 0 Å². The van der Waals surface area contributed by atoms with E-state index in [1.165, 1.54) is 0 Å². The van der Waals surface area contributed by atoms with Gasteiger partial charge in [0.25, 0.3) is 0 Å². The Morgan fingerprint density at radius 1 is 1.38 bits per heavy atom. The molecule has 0 unspecified atom stereocenters. The number of aryl methyl sites for hydroxylation is 1. The van der Waals surface area contributed by atoms with Gasteiger partial charge in [0.1, 0.15) is 5.75 Å². The van der Waals surface area contributed by atoms with Gasteiger partial charge in [0, 0.05) is 18.4 Å². The topological polar surface area (TPSA) is 34.2 Å². The van der Waals surface area contributed by atoms with Crippen LogP contribution < -0.4 is 10.1 Å². The Bertz CT molecular complexity index is 540. The lowest BCUT2D eigenvalue weighted by Crippen LogP contribution is -1.96. The molecule has 0 aliphatic heterocycles. The number of rotatable bonds is 2. The molecular formula is C12H13ClN2O. The van der Waals surface area contributed by atoms with Crippen molar-refractivity contribution in [3.05, 3.63) is 28.9 Å². The standard InChI is InChI=1S/C12H13ClN2O/c1-7-6-9(14-2)11-10(16-3)5-4-8(13)12(11)15-7/h4-6H,1-3H3,(H,14,15). The van der Waals surface area contributed by atoms with Gasteiger partial charge in [-0.25, -0.2) is 0 Å². The summed E-state index contributed by atoms with van der Waals surface area (Å²) in [4.78, 5) is 4.44. The molecule has 0 atom stereocenters. The van der Waals surface area contributed by atoms with E-state index in [1.807, 2.05) is 26.1 Å². The molecule has 16 heavy (non-hydrogen) atoms. The predicted molar refractivity (Wildman–Crippen MR) is 67.6 cm³/mol. The molecule has 0 saturated carbocycles. The summed E-state index contributed by atoms with van der Waals surface area (Å²) in [5, 5.41) is 4.69. The van der Waals surface area contributed by atoms with E-state index in [2.05, 4.69) is 10.3 Å². The highest BCUT2D eigenvalue weighted by molar-refractivity contribution is 6.35. The molecule has 0 spiro atoms. The Morgan fingerprint density at radius 2 is 2.12 bits per heavy atom. The molecule has 1 aromatic carbocycles. The molecule has 1 N–H and O–H groups in total. The second-order valence-electron chi connectivity index (χ2n) is 3.53. The maximum absolute atomic E-state index is 6.14. The quantitative estimate of drug-likeness (QED) is 0.869. The molecule has 3 nitrogen and oxygen atoms in total. The molecule has 0 aliphatic rings. The van der Waals surface area contributed by atoms with Gasteiger partial charge in [0.05, 0.1) is 23.0 Å². The van der Waals surface area contributed by atoms with Crippen LogP contribution in [0.1, 0.15) is 5.69 Å². The third kappa shape index (κ3) is 1.67. The molecule has 1 aromatic heterocycles. The van der Waals surface area contributed by atoms with Crippen molar-refractivity contribution in [2.45, 2.75) is 6.92 Å². The molecule has 1 heterocycles. The molecule has 0 radical (unpaired) electrons. The van der Waals surface area contributed by atoms with Crippen molar-refractivity contribution in [1.82, 2.24) is 4.98 Å². The van der Waals surface area contributed by atoms with E-state index in [-0.39, 0.29) is 0 Å². The highest BCUT2D eigenvalue weighted by Gasteiger charge is 2.11. The van der Waals surface area contributed by atoms with Crippen LogP contribution in [0.2, 0.25) is 5.02 Å². The summed E-state index contributed by atoms with van der Waals surface area (Å²) in [6, 6.07) is 5.62. The number of hydrogen-bond donors (Lipinski definition) is 1. The summed E-state index contributed by atoms with van der Waals surface area (Å²) in [5.74, 6) is 0.774. The van der Waals surface area contributed by atoms with Crippen molar-refractivity contribution < 1.29 is 4.74 Å². The lowest BCUT2D eigenvalue weighted by molar-refractivity contribution is 0.420. The third-order valence-electron chi connectivity index (χ3n) is 2.49. The number of nitrogens with zero attached hydrogens (tertiary/aromatic N) is 1. The fourth-order valence-electron chi connectivity index (χ4n) is 1.77. The van der Waals surface area contributed by atoms with E-state index in [4.69, 9.17) is 16.3 Å². The fraction of sp³-hybridized carbons (Fsp3) is 0.250. The molecule has 0 fully saturated rings.